The molecular weight excluding hydrogens is 174 g/mol. The standard InChI is InChI=1S/C12H20NO/c1-13(2,3)10-12(14)9-11-7-5-4-6-8-11/h4-8,12,14H,9-10H2,1-3H3/q+1. The largest absolute Gasteiger partial charge is 0.387 e. The zero-order valence-electron chi connectivity index (χ0n) is 9.27. The number of aliphatic hydroxyl groups is 1. The average molecular weight is 194 g/mol. The van der Waals surface area contributed by atoms with Crippen LogP contribution in [0.4, 0.5) is 0 Å². The lowest BCUT2D eigenvalue weighted by molar-refractivity contribution is -0.873. The van der Waals surface area contributed by atoms with Gasteiger partial charge in [0, 0.05) is 6.42 Å². The second kappa shape index (κ2) is 4.58. The summed E-state index contributed by atoms with van der Waals surface area (Å²) in [5.41, 5.74) is 1.20. The van der Waals surface area contributed by atoms with Crippen molar-refractivity contribution in [3.63, 3.8) is 0 Å². The predicted octanol–water partition coefficient (Wildman–Crippen LogP) is 1.30. The maximum Gasteiger partial charge on any atom is 0.107 e. The van der Waals surface area contributed by atoms with Crippen molar-refractivity contribution < 1.29 is 9.59 Å². The topological polar surface area (TPSA) is 20.2 Å². The lowest BCUT2D eigenvalue weighted by Crippen LogP contribution is -2.42. The number of quaternary nitrogens is 1. The summed E-state index contributed by atoms with van der Waals surface area (Å²) < 4.78 is 0.800. The van der Waals surface area contributed by atoms with Crippen LogP contribution in [0.25, 0.3) is 0 Å². The molecule has 1 N–H and O–H groups in total. The van der Waals surface area contributed by atoms with E-state index >= 15 is 0 Å². The van der Waals surface area contributed by atoms with E-state index in [2.05, 4.69) is 33.3 Å². The van der Waals surface area contributed by atoms with Gasteiger partial charge in [-0.2, -0.15) is 0 Å². The second-order valence-corrected chi connectivity index (χ2v) is 4.82. The van der Waals surface area contributed by atoms with Crippen LogP contribution in [0.15, 0.2) is 30.3 Å². The minimum absolute atomic E-state index is 0.252. The van der Waals surface area contributed by atoms with Gasteiger partial charge >= 0.3 is 0 Å². The van der Waals surface area contributed by atoms with Crippen LogP contribution in [0.3, 0.4) is 0 Å². The Bertz CT molecular complexity index is 263. The van der Waals surface area contributed by atoms with Gasteiger partial charge in [0.25, 0.3) is 0 Å². The lowest BCUT2D eigenvalue weighted by Gasteiger charge is -2.26. The van der Waals surface area contributed by atoms with Gasteiger partial charge in [-0.25, -0.2) is 0 Å². The molecule has 0 aliphatic rings. The molecule has 0 aliphatic heterocycles. The molecule has 1 unspecified atom stereocenters. The van der Waals surface area contributed by atoms with Gasteiger partial charge in [-0.05, 0) is 5.56 Å². The number of benzene rings is 1. The molecule has 0 heterocycles. The number of hydrogen-bond donors (Lipinski definition) is 1. The molecule has 0 aromatic heterocycles. The first-order valence-corrected chi connectivity index (χ1v) is 5.00. The summed E-state index contributed by atoms with van der Waals surface area (Å²) in [7, 11) is 6.27. The van der Waals surface area contributed by atoms with Gasteiger partial charge in [0.2, 0.25) is 0 Å². The van der Waals surface area contributed by atoms with Crippen molar-refractivity contribution in [1.82, 2.24) is 0 Å². The van der Waals surface area contributed by atoms with Crippen molar-refractivity contribution in [2.45, 2.75) is 12.5 Å². The van der Waals surface area contributed by atoms with Crippen LogP contribution in [0.1, 0.15) is 5.56 Å². The Morgan fingerprint density at radius 3 is 2.21 bits per heavy atom. The van der Waals surface area contributed by atoms with Crippen molar-refractivity contribution in [1.29, 1.82) is 0 Å². The summed E-state index contributed by atoms with van der Waals surface area (Å²) >= 11 is 0. The molecular formula is C12H20NO+. The normalized spacial score (nSPS) is 14.0. The Balaban J connectivity index is 2.46. The average Bonchev–Trinajstić information content (AvgIpc) is 2.02. The minimum atomic E-state index is -0.252. The van der Waals surface area contributed by atoms with E-state index in [1.165, 1.54) is 5.56 Å². The highest BCUT2D eigenvalue weighted by atomic mass is 16.3. The van der Waals surface area contributed by atoms with Gasteiger partial charge in [-0.3, -0.25) is 0 Å². The van der Waals surface area contributed by atoms with Crippen LogP contribution in [-0.4, -0.2) is 43.4 Å². The van der Waals surface area contributed by atoms with E-state index in [9.17, 15) is 5.11 Å². The Morgan fingerprint density at radius 2 is 1.71 bits per heavy atom. The predicted molar refractivity (Wildman–Crippen MR) is 59.1 cm³/mol. The highest BCUT2D eigenvalue weighted by Gasteiger charge is 2.15. The zero-order valence-corrected chi connectivity index (χ0v) is 9.27. The monoisotopic (exact) mass is 194 g/mol. The number of rotatable bonds is 4. The summed E-state index contributed by atoms with van der Waals surface area (Å²) in [5.74, 6) is 0. The summed E-state index contributed by atoms with van der Waals surface area (Å²) in [6.45, 7) is 0.787. The molecule has 0 aliphatic carbocycles. The maximum absolute atomic E-state index is 9.82. The quantitative estimate of drug-likeness (QED) is 0.716. The lowest BCUT2D eigenvalue weighted by atomic mass is 10.1. The third-order valence-electron chi connectivity index (χ3n) is 2.07. The molecule has 0 amide bonds. The first kappa shape index (κ1) is 11.2. The molecule has 1 rings (SSSR count). The summed E-state index contributed by atoms with van der Waals surface area (Å²) in [5, 5.41) is 9.82. The van der Waals surface area contributed by atoms with E-state index in [4.69, 9.17) is 0 Å². The number of nitrogens with zero attached hydrogens (tertiary/aromatic N) is 1. The Morgan fingerprint density at radius 1 is 1.14 bits per heavy atom. The fourth-order valence-electron chi connectivity index (χ4n) is 1.58. The van der Waals surface area contributed by atoms with Gasteiger partial charge in [-0.15, -0.1) is 0 Å². The first-order chi connectivity index (χ1) is 6.47. The molecule has 0 saturated carbocycles. The molecule has 0 spiro atoms. The van der Waals surface area contributed by atoms with Crippen LogP contribution in [-0.2, 0) is 6.42 Å². The van der Waals surface area contributed by atoms with Crippen molar-refractivity contribution in [2.24, 2.45) is 0 Å². The molecule has 0 saturated heterocycles. The highest BCUT2D eigenvalue weighted by Crippen LogP contribution is 2.05. The van der Waals surface area contributed by atoms with Gasteiger partial charge < -0.3 is 9.59 Å². The Kier molecular flexibility index (Phi) is 3.67. The third-order valence-corrected chi connectivity index (χ3v) is 2.07. The summed E-state index contributed by atoms with van der Waals surface area (Å²) in [4.78, 5) is 0. The molecule has 1 atom stereocenters. The number of hydrogen-bond acceptors (Lipinski definition) is 1. The van der Waals surface area contributed by atoms with E-state index in [0.29, 0.717) is 0 Å². The summed E-state index contributed by atoms with van der Waals surface area (Å²) in [6, 6.07) is 10.1. The van der Waals surface area contributed by atoms with E-state index in [-0.39, 0.29) is 6.10 Å². The second-order valence-electron chi connectivity index (χ2n) is 4.82. The smallest absolute Gasteiger partial charge is 0.107 e. The van der Waals surface area contributed by atoms with Crippen LogP contribution in [0.5, 0.6) is 0 Å². The van der Waals surface area contributed by atoms with Crippen molar-refractivity contribution in [2.75, 3.05) is 27.7 Å². The Labute approximate surface area is 86.4 Å². The summed E-state index contributed by atoms with van der Waals surface area (Å²) in [6.07, 6.45) is 0.494. The minimum Gasteiger partial charge on any atom is -0.387 e. The van der Waals surface area contributed by atoms with Crippen LogP contribution in [0, 0.1) is 0 Å². The highest BCUT2D eigenvalue weighted by molar-refractivity contribution is 5.15. The van der Waals surface area contributed by atoms with E-state index < -0.39 is 0 Å². The molecule has 0 fully saturated rings. The molecule has 0 bridgehead atoms. The maximum atomic E-state index is 9.82. The van der Waals surface area contributed by atoms with E-state index in [1.807, 2.05) is 18.2 Å². The molecule has 1 aromatic rings. The van der Waals surface area contributed by atoms with E-state index in [1.54, 1.807) is 0 Å². The van der Waals surface area contributed by atoms with Crippen LogP contribution >= 0.6 is 0 Å². The SMILES string of the molecule is C[N+](C)(C)CC(O)Cc1ccccc1. The number of aliphatic hydroxyl groups excluding tert-OH is 1. The number of likely N-dealkylation sites (N-methyl/N-ethyl adjacent to an activating group) is 1. The first-order valence-electron chi connectivity index (χ1n) is 5.00. The third kappa shape index (κ3) is 4.40. The van der Waals surface area contributed by atoms with Gasteiger partial charge in [-0.1, -0.05) is 30.3 Å². The fraction of sp³-hybridized carbons (Fsp3) is 0.500. The van der Waals surface area contributed by atoms with Crippen LogP contribution < -0.4 is 0 Å². The van der Waals surface area contributed by atoms with Crippen molar-refractivity contribution >= 4 is 0 Å². The molecule has 2 heteroatoms. The Hall–Kier alpha value is -0.860. The molecule has 14 heavy (non-hydrogen) atoms. The van der Waals surface area contributed by atoms with Gasteiger partial charge in [0.1, 0.15) is 12.6 Å². The fourth-order valence-corrected chi connectivity index (χ4v) is 1.58. The molecule has 2 nitrogen and oxygen atoms in total. The van der Waals surface area contributed by atoms with Crippen molar-refractivity contribution in [3.05, 3.63) is 35.9 Å². The van der Waals surface area contributed by atoms with E-state index in [0.717, 1.165) is 17.4 Å². The zero-order chi connectivity index (χ0) is 10.6. The van der Waals surface area contributed by atoms with Crippen LogP contribution in [0.2, 0.25) is 0 Å². The van der Waals surface area contributed by atoms with Gasteiger partial charge in [0.15, 0.2) is 0 Å². The van der Waals surface area contributed by atoms with Gasteiger partial charge in [0.05, 0.1) is 21.1 Å². The molecule has 1 aromatic carbocycles. The molecule has 78 valence electrons. The van der Waals surface area contributed by atoms with Crippen molar-refractivity contribution in [3.8, 4) is 0 Å². The molecule has 0 radical (unpaired) electrons.